The van der Waals surface area contributed by atoms with Crippen molar-refractivity contribution >= 4 is 11.4 Å². The third-order valence-electron chi connectivity index (χ3n) is 3.58. The smallest absolute Gasteiger partial charge is 0.300 e. The molecule has 4 nitrogen and oxygen atoms in total. The fourth-order valence-corrected chi connectivity index (χ4v) is 2.53. The van der Waals surface area contributed by atoms with E-state index in [-0.39, 0.29) is 10.6 Å². The second kappa shape index (κ2) is 7.41. The van der Waals surface area contributed by atoms with Gasteiger partial charge in [-0.1, -0.05) is 48.5 Å². The molecule has 4 heteroatoms. The van der Waals surface area contributed by atoms with E-state index in [9.17, 15) is 10.1 Å². The van der Waals surface area contributed by atoms with E-state index >= 15 is 0 Å². The van der Waals surface area contributed by atoms with Gasteiger partial charge in [-0.15, -0.1) is 0 Å². The van der Waals surface area contributed by atoms with Gasteiger partial charge in [0.15, 0.2) is 0 Å². The number of nitro groups is 1. The summed E-state index contributed by atoms with van der Waals surface area (Å²) in [6, 6.07) is 18.6. The third-order valence-corrected chi connectivity index (χ3v) is 3.58. The highest BCUT2D eigenvalue weighted by molar-refractivity contribution is 5.85. The molecule has 0 aromatic heterocycles. The maximum atomic E-state index is 11.8. The molecule has 2 aromatic carbocycles. The molecule has 0 aliphatic heterocycles. The monoisotopic (exact) mass is 296 g/mol. The molecule has 0 saturated carbocycles. The maximum absolute atomic E-state index is 11.8. The van der Waals surface area contributed by atoms with Gasteiger partial charge in [0, 0.05) is 18.7 Å². The van der Waals surface area contributed by atoms with Crippen LogP contribution in [0.4, 0.5) is 0 Å². The Bertz CT molecular complexity index is 647. The van der Waals surface area contributed by atoms with Gasteiger partial charge < -0.3 is 4.90 Å². The highest BCUT2D eigenvalue weighted by Crippen LogP contribution is 2.29. The van der Waals surface area contributed by atoms with Crippen LogP contribution in [0.3, 0.4) is 0 Å². The van der Waals surface area contributed by atoms with Gasteiger partial charge in [0.1, 0.15) is 5.70 Å². The molecule has 0 fully saturated rings. The molecule has 2 aromatic rings. The highest BCUT2D eigenvalue weighted by atomic mass is 16.6. The highest BCUT2D eigenvalue weighted by Gasteiger charge is 2.25. The Balaban J connectivity index is 2.74. The standard InChI is InChI=1S/C18H20N2O2/c1-3-19(4-2)17(15-11-7-5-8-12-15)18(20(21)22)16-13-9-6-10-14-16/h5-14H,3-4H2,1-2H3/b18-17+. The largest absolute Gasteiger partial charge is 0.366 e. The van der Waals surface area contributed by atoms with Gasteiger partial charge in [-0.2, -0.15) is 0 Å². The summed E-state index contributed by atoms with van der Waals surface area (Å²) in [7, 11) is 0. The van der Waals surface area contributed by atoms with E-state index in [2.05, 4.69) is 0 Å². The fraction of sp³-hybridized carbons (Fsp3) is 0.222. The average molecular weight is 296 g/mol. The number of hydrogen-bond acceptors (Lipinski definition) is 3. The summed E-state index contributed by atoms with van der Waals surface area (Å²) < 4.78 is 0. The molecule has 0 unspecified atom stereocenters. The lowest BCUT2D eigenvalue weighted by molar-refractivity contribution is -0.375. The molecule has 0 aliphatic carbocycles. The molecule has 0 N–H and O–H groups in total. The maximum Gasteiger partial charge on any atom is 0.300 e. The number of hydrogen-bond donors (Lipinski definition) is 0. The van der Waals surface area contributed by atoms with Crippen molar-refractivity contribution in [3.8, 4) is 0 Å². The van der Waals surface area contributed by atoms with Crippen LogP contribution in [-0.2, 0) is 0 Å². The van der Waals surface area contributed by atoms with Gasteiger partial charge >= 0.3 is 0 Å². The normalized spacial score (nSPS) is 11.7. The van der Waals surface area contributed by atoms with Crippen LogP contribution in [0.2, 0.25) is 0 Å². The molecule has 0 radical (unpaired) electrons. The molecule has 0 aliphatic rings. The zero-order valence-electron chi connectivity index (χ0n) is 12.9. The second-order valence-corrected chi connectivity index (χ2v) is 4.86. The van der Waals surface area contributed by atoms with Crippen LogP contribution in [0.1, 0.15) is 25.0 Å². The van der Waals surface area contributed by atoms with Crippen LogP contribution in [0, 0.1) is 10.1 Å². The SMILES string of the molecule is CCN(CC)/C(=C(\c1ccccc1)[N+](=O)[O-])c1ccccc1. The molecule has 0 heterocycles. The van der Waals surface area contributed by atoms with Crippen molar-refractivity contribution < 1.29 is 4.92 Å². The summed E-state index contributed by atoms with van der Waals surface area (Å²) in [5, 5.41) is 11.8. The molecule has 114 valence electrons. The summed E-state index contributed by atoms with van der Waals surface area (Å²) in [4.78, 5) is 13.5. The van der Waals surface area contributed by atoms with Crippen LogP contribution in [0.25, 0.3) is 11.4 Å². The Kier molecular flexibility index (Phi) is 5.31. The van der Waals surface area contributed by atoms with E-state index in [0.29, 0.717) is 24.4 Å². The van der Waals surface area contributed by atoms with Crippen LogP contribution < -0.4 is 0 Å². The van der Waals surface area contributed by atoms with Gasteiger partial charge in [-0.25, -0.2) is 0 Å². The van der Waals surface area contributed by atoms with Crippen LogP contribution in [0.5, 0.6) is 0 Å². The van der Waals surface area contributed by atoms with Crippen molar-refractivity contribution in [2.24, 2.45) is 0 Å². The van der Waals surface area contributed by atoms with Crippen molar-refractivity contribution in [1.29, 1.82) is 0 Å². The first kappa shape index (κ1) is 15.8. The third kappa shape index (κ3) is 3.34. The van der Waals surface area contributed by atoms with Gasteiger partial charge in [-0.05, 0) is 26.0 Å². The topological polar surface area (TPSA) is 46.4 Å². The Morgan fingerprint density at radius 2 is 1.36 bits per heavy atom. The molecule has 22 heavy (non-hydrogen) atoms. The average Bonchev–Trinajstić information content (AvgIpc) is 2.56. The summed E-state index contributed by atoms with van der Waals surface area (Å²) in [6.45, 7) is 5.44. The summed E-state index contributed by atoms with van der Waals surface area (Å²) in [5.41, 5.74) is 2.30. The lowest BCUT2D eigenvalue weighted by atomic mass is 10.0. The molecule has 0 bridgehead atoms. The van der Waals surface area contributed by atoms with Crippen molar-refractivity contribution in [2.75, 3.05) is 13.1 Å². The van der Waals surface area contributed by atoms with E-state index in [1.165, 1.54) is 0 Å². The molecule has 0 saturated heterocycles. The Labute approximate surface area is 130 Å². The lowest BCUT2D eigenvalue weighted by Crippen LogP contribution is -2.24. The van der Waals surface area contributed by atoms with Crippen molar-refractivity contribution in [3.63, 3.8) is 0 Å². The minimum Gasteiger partial charge on any atom is -0.366 e. The van der Waals surface area contributed by atoms with Crippen molar-refractivity contribution in [2.45, 2.75) is 13.8 Å². The summed E-state index contributed by atoms with van der Waals surface area (Å²) in [6.07, 6.45) is 0. The number of rotatable bonds is 6. The van der Waals surface area contributed by atoms with E-state index in [4.69, 9.17) is 0 Å². The fourth-order valence-electron chi connectivity index (χ4n) is 2.53. The Hall–Kier alpha value is -2.62. The predicted molar refractivity (Wildman–Crippen MR) is 89.6 cm³/mol. The Morgan fingerprint density at radius 1 is 0.909 bits per heavy atom. The Morgan fingerprint density at radius 3 is 1.77 bits per heavy atom. The summed E-state index contributed by atoms with van der Waals surface area (Å²) in [5.74, 6) is 0. The van der Waals surface area contributed by atoms with Gasteiger partial charge in [-0.3, -0.25) is 10.1 Å². The van der Waals surface area contributed by atoms with E-state index < -0.39 is 0 Å². The molecule has 0 spiro atoms. The molecule has 2 rings (SSSR count). The number of benzene rings is 2. The summed E-state index contributed by atoms with van der Waals surface area (Å²) >= 11 is 0. The van der Waals surface area contributed by atoms with Gasteiger partial charge in [0.2, 0.25) is 0 Å². The van der Waals surface area contributed by atoms with Crippen LogP contribution in [-0.4, -0.2) is 22.9 Å². The van der Waals surface area contributed by atoms with Crippen molar-refractivity contribution in [1.82, 2.24) is 4.90 Å². The van der Waals surface area contributed by atoms with E-state index in [1.807, 2.05) is 67.3 Å². The first-order chi connectivity index (χ1) is 10.7. The molecular formula is C18H20N2O2. The van der Waals surface area contributed by atoms with Gasteiger partial charge in [0.05, 0.1) is 10.5 Å². The first-order valence-corrected chi connectivity index (χ1v) is 7.43. The van der Waals surface area contributed by atoms with E-state index in [1.54, 1.807) is 12.1 Å². The number of nitrogens with zero attached hydrogens (tertiary/aromatic N) is 2. The predicted octanol–water partition coefficient (Wildman–Crippen LogP) is 4.13. The van der Waals surface area contributed by atoms with Crippen LogP contribution >= 0.6 is 0 Å². The molecule has 0 atom stereocenters. The minimum absolute atomic E-state index is 0.149. The van der Waals surface area contributed by atoms with Crippen LogP contribution in [0.15, 0.2) is 60.7 Å². The quantitative estimate of drug-likeness (QED) is 0.457. The van der Waals surface area contributed by atoms with Gasteiger partial charge in [0.25, 0.3) is 5.70 Å². The second-order valence-electron chi connectivity index (χ2n) is 4.86. The first-order valence-electron chi connectivity index (χ1n) is 7.43. The zero-order valence-corrected chi connectivity index (χ0v) is 12.9. The van der Waals surface area contributed by atoms with Crippen molar-refractivity contribution in [3.05, 3.63) is 81.9 Å². The molecular weight excluding hydrogens is 276 g/mol. The van der Waals surface area contributed by atoms with E-state index in [0.717, 1.165) is 5.56 Å². The zero-order chi connectivity index (χ0) is 15.9. The lowest BCUT2D eigenvalue weighted by Gasteiger charge is -2.24. The minimum atomic E-state index is -0.282. The molecule has 0 amide bonds.